The third-order valence-corrected chi connectivity index (χ3v) is 6.97. The summed E-state index contributed by atoms with van der Waals surface area (Å²) in [7, 11) is 0. The smallest absolute Gasteiger partial charge is 0.223 e. The SMILES string of the molecule is CC(=O)Nc1cccc(-c2cnc(NCCN3C(O)NC(O)C3(C)C)nc2-c2ccc(Cl)s2)c1. The fourth-order valence-electron chi connectivity index (χ4n) is 3.88. The quantitative estimate of drug-likeness (QED) is 0.334. The van der Waals surface area contributed by atoms with Gasteiger partial charge in [-0.15, -0.1) is 11.3 Å². The topological polar surface area (TPSA) is 123 Å². The van der Waals surface area contributed by atoms with E-state index in [-0.39, 0.29) is 5.91 Å². The zero-order valence-corrected chi connectivity index (χ0v) is 20.6. The summed E-state index contributed by atoms with van der Waals surface area (Å²) in [6.45, 7) is 6.10. The number of nitrogens with one attached hydrogen (secondary N) is 3. The van der Waals surface area contributed by atoms with E-state index in [1.165, 1.54) is 18.3 Å². The molecule has 3 aromatic rings. The van der Waals surface area contributed by atoms with Crippen LogP contribution in [0, 0.1) is 0 Å². The Balaban J connectivity index is 1.59. The third kappa shape index (κ3) is 5.22. The Hall–Kier alpha value is -2.60. The molecule has 11 heteroatoms. The molecule has 0 saturated carbocycles. The molecule has 3 heterocycles. The number of thiophene rings is 1. The van der Waals surface area contributed by atoms with Gasteiger partial charge in [-0.25, -0.2) is 9.97 Å². The fourth-order valence-corrected chi connectivity index (χ4v) is 4.93. The normalized spacial score (nSPS) is 19.8. The van der Waals surface area contributed by atoms with Crippen molar-refractivity contribution in [1.29, 1.82) is 0 Å². The Morgan fingerprint density at radius 1 is 1.29 bits per heavy atom. The van der Waals surface area contributed by atoms with Gasteiger partial charge in [-0.05, 0) is 43.7 Å². The lowest BCUT2D eigenvalue weighted by Gasteiger charge is -2.33. The van der Waals surface area contributed by atoms with E-state index in [4.69, 9.17) is 16.6 Å². The first-order valence-corrected chi connectivity index (χ1v) is 12.0. The number of carbonyl (C=O) groups excluding carboxylic acids is 1. The van der Waals surface area contributed by atoms with Gasteiger partial charge < -0.3 is 20.8 Å². The Kier molecular flexibility index (Phi) is 7.17. The zero-order chi connectivity index (χ0) is 24.5. The van der Waals surface area contributed by atoms with Gasteiger partial charge >= 0.3 is 0 Å². The third-order valence-electron chi connectivity index (χ3n) is 5.74. The largest absolute Gasteiger partial charge is 0.377 e. The predicted octanol–water partition coefficient (Wildman–Crippen LogP) is 3.17. The van der Waals surface area contributed by atoms with E-state index in [2.05, 4.69) is 20.9 Å². The number of aliphatic hydroxyl groups excluding tert-OH is 2. The van der Waals surface area contributed by atoms with Crippen molar-refractivity contribution < 1.29 is 15.0 Å². The van der Waals surface area contributed by atoms with Crippen LogP contribution in [0.5, 0.6) is 0 Å². The lowest BCUT2D eigenvalue weighted by Crippen LogP contribution is -2.49. The number of benzene rings is 1. The second-order valence-corrected chi connectivity index (χ2v) is 10.3. The number of anilines is 2. The molecular weight excluding hydrogens is 476 g/mol. The molecular formula is C23H27ClN6O3S. The lowest BCUT2D eigenvalue weighted by molar-refractivity contribution is -0.114. The number of nitrogens with zero attached hydrogens (tertiary/aromatic N) is 3. The molecule has 0 bridgehead atoms. The molecule has 0 aliphatic carbocycles. The molecule has 0 radical (unpaired) electrons. The molecule has 2 atom stereocenters. The van der Waals surface area contributed by atoms with Gasteiger partial charge in [-0.2, -0.15) is 0 Å². The molecule has 34 heavy (non-hydrogen) atoms. The molecule has 180 valence electrons. The van der Waals surface area contributed by atoms with Crippen LogP contribution in [0.4, 0.5) is 11.6 Å². The summed E-state index contributed by atoms with van der Waals surface area (Å²) in [6, 6.07) is 11.2. The Bertz CT molecular complexity index is 1190. The average molecular weight is 503 g/mol. The standard InChI is InChI=1S/C23H27ClN6O3S/c1-13(31)27-15-6-4-5-14(11-15)16-12-26-21(28-19(16)17-7-8-18(24)34-17)25-9-10-30-22(33)29-20(32)23(30,2)3/h4-8,11-12,20,22,29,32-33H,9-10H2,1-3H3,(H,27,31)(H,25,26,28). The molecule has 1 aliphatic heterocycles. The van der Waals surface area contributed by atoms with E-state index >= 15 is 0 Å². The van der Waals surface area contributed by atoms with Gasteiger partial charge in [-0.3, -0.25) is 15.0 Å². The van der Waals surface area contributed by atoms with Crippen molar-refractivity contribution in [3.05, 3.63) is 46.9 Å². The van der Waals surface area contributed by atoms with Gasteiger partial charge in [0, 0.05) is 37.5 Å². The maximum Gasteiger partial charge on any atom is 0.223 e. The number of hydrogen-bond donors (Lipinski definition) is 5. The van der Waals surface area contributed by atoms with E-state index in [0.717, 1.165) is 16.0 Å². The molecule has 2 aromatic heterocycles. The first kappa shape index (κ1) is 24.5. The molecule has 9 nitrogen and oxygen atoms in total. The van der Waals surface area contributed by atoms with Crippen molar-refractivity contribution in [2.24, 2.45) is 0 Å². The summed E-state index contributed by atoms with van der Waals surface area (Å²) < 4.78 is 0.650. The van der Waals surface area contributed by atoms with Crippen LogP contribution in [0.25, 0.3) is 21.7 Å². The molecule has 1 saturated heterocycles. The molecule has 2 unspecified atom stereocenters. The summed E-state index contributed by atoms with van der Waals surface area (Å²) in [5, 5.41) is 29.0. The van der Waals surface area contributed by atoms with Crippen LogP contribution in [0.2, 0.25) is 4.34 Å². The van der Waals surface area contributed by atoms with Crippen LogP contribution in [0.15, 0.2) is 42.6 Å². The number of carbonyl (C=O) groups is 1. The van der Waals surface area contributed by atoms with Crippen LogP contribution < -0.4 is 16.0 Å². The zero-order valence-electron chi connectivity index (χ0n) is 19.0. The highest BCUT2D eigenvalue weighted by Crippen LogP contribution is 2.37. The number of aliphatic hydroxyl groups is 2. The Morgan fingerprint density at radius 3 is 2.74 bits per heavy atom. The molecule has 5 N–H and O–H groups in total. The predicted molar refractivity (Wildman–Crippen MR) is 135 cm³/mol. The Morgan fingerprint density at radius 2 is 2.09 bits per heavy atom. The van der Waals surface area contributed by atoms with Gasteiger partial charge in [-0.1, -0.05) is 23.7 Å². The van der Waals surface area contributed by atoms with Gasteiger partial charge in [0.1, 0.15) is 6.23 Å². The number of halogens is 1. The summed E-state index contributed by atoms with van der Waals surface area (Å²) in [5.74, 6) is 0.286. The van der Waals surface area contributed by atoms with Crippen LogP contribution in [-0.4, -0.2) is 62.2 Å². The first-order valence-electron chi connectivity index (χ1n) is 10.8. The van der Waals surface area contributed by atoms with Crippen molar-refractivity contribution in [2.45, 2.75) is 38.9 Å². The molecule has 1 amide bonds. The summed E-state index contributed by atoms with van der Waals surface area (Å²) in [6.07, 6.45) is -0.0261. The number of amides is 1. The highest BCUT2D eigenvalue weighted by Gasteiger charge is 2.45. The van der Waals surface area contributed by atoms with E-state index in [1.807, 2.05) is 50.2 Å². The summed E-state index contributed by atoms with van der Waals surface area (Å²) >= 11 is 7.61. The van der Waals surface area contributed by atoms with Crippen LogP contribution in [0.1, 0.15) is 20.8 Å². The molecule has 0 spiro atoms. The number of aromatic nitrogens is 2. The maximum atomic E-state index is 11.5. The average Bonchev–Trinajstić information content (AvgIpc) is 3.29. The van der Waals surface area contributed by atoms with Gasteiger partial charge in [0.25, 0.3) is 0 Å². The summed E-state index contributed by atoms with van der Waals surface area (Å²) in [4.78, 5) is 23.4. The van der Waals surface area contributed by atoms with Crippen molar-refractivity contribution in [3.63, 3.8) is 0 Å². The van der Waals surface area contributed by atoms with E-state index in [9.17, 15) is 15.0 Å². The van der Waals surface area contributed by atoms with Crippen molar-refractivity contribution in [1.82, 2.24) is 20.2 Å². The van der Waals surface area contributed by atoms with Gasteiger partial charge in [0.15, 0.2) is 6.35 Å². The number of rotatable bonds is 7. The van der Waals surface area contributed by atoms with E-state index in [0.29, 0.717) is 34.8 Å². The van der Waals surface area contributed by atoms with Gasteiger partial charge in [0.2, 0.25) is 11.9 Å². The van der Waals surface area contributed by atoms with Crippen molar-refractivity contribution >= 4 is 40.5 Å². The van der Waals surface area contributed by atoms with Crippen molar-refractivity contribution in [3.8, 4) is 21.7 Å². The lowest BCUT2D eigenvalue weighted by atomic mass is 10.0. The molecule has 1 fully saturated rings. The Labute approximate surface area is 206 Å². The summed E-state index contributed by atoms with van der Waals surface area (Å²) in [5.41, 5.74) is 2.45. The van der Waals surface area contributed by atoms with Crippen LogP contribution in [0.3, 0.4) is 0 Å². The monoisotopic (exact) mass is 502 g/mol. The second-order valence-electron chi connectivity index (χ2n) is 8.54. The number of hydrogen-bond acceptors (Lipinski definition) is 9. The van der Waals surface area contributed by atoms with Gasteiger partial charge in [0.05, 0.1) is 20.4 Å². The molecule has 4 rings (SSSR count). The molecule has 1 aliphatic rings. The second kappa shape index (κ2) is 9.95. The van der Waals surface area contributed by atoms with Crippen LogP contribution in [-0.2, 0) is 4.79 Å². The maximum absolute atomic E-state index is 11.5. The minimum atomic E-state index is -0.935. The minimum absolute atomic E-state index is 0.146. The first-order chi connectivity index (χ1) is 16.1. The van der Waals surface area contributed by atoms with E-state index in [1.54, 1.807) is 11.1 Å². The molecule has 1 aromatic carbocycles. The fraction of sp³-hybridized carbons (Fsp3) is 0.348. The van der Waals surface area contributed by atoms with E-state index < -0.39 is 18.1 Å². The minimum Gasteiger partial charge on any atom is -0.377 e. The van der Waals surface area contributed by atoms with Crippen LogP contribution >= 0.6 is 22.9 Å². The highest BCUT2D eigenvalue weighted by atomic mass is 35.5. The highest BCUT2D eigenvalue weighted by molar-refractivity contribution is 7.19. The van der Waals surface area contributed by atoms with Crippen molar-refractivity contribution in [2.75, 3.05) is 23.7 Å².